The number of halogens is 1. The van der Waals surface area contributed by atoms with E-state index in [4.69, 9.17) is 10.5 Å². The Balaban J connectivity index is 2.52. The number of nitriles is 2. The van der Waals surface area contributed by atoms with Gasteiger partial charge in [-0.3, -0.25) is 4.57 Å². The summed E-state index contributed by atoms with van der Waals surface area (Å²) in [6.07, 6.45) is 1.48. The minimum atomic E-state index is 0.133. The number of hydrogen-bond acceptors (Lipinski definition) is 4. The smallest absolute Gasteiger partial charge is 0.177 e. The van der Waals surface area contributed by atoms with Crippen molar-refractivity contribution in [2.24, 2.45) is 0 Å². The second-order valence-electron chi connectivity index (χ2n) is 3.85. The molecule has 0 aliphatic heterocycles. The molecular weight excluding hydrogens is 306 g/mol. The van der Waals surface area contributed by atoms with Crippen LogP contribution in [0.5, 0.6) is 0 Å². The summed E-state index contributed by atoms with van der Waals surface area (Å²) in [4.78, 5) is 3.93. The zero-order chi connectivity index (χ0) is 13.8. The maximum atomic E-state index is 9.12. The summed E-state index contributed by atoms with van der Waals surface area (Å²) < 4.78 is 2.45. The lowest BCUT2D eigenvalue weighted by Crippen LogP contribution is -2.05. The molecule has 0 aliphatic carbocycles. The number of imidazole rings is 1. The van der Waals surface area contributed by atoms with Crippen LogP contribution >= 0.6 is 15.9 Å². The van der Waals surface area contributed by atoms with Crippen molar-refractivity contribution >= 4 is 15.9 Å². The molecular formula is C13H10BrN5. The van der Waals surface area contributed by atoms with Gasteiger partial charge in [-0.05, 0) is 40.7 Å². The molecule has 6 heteroatoms. The molecule has 1 heterocycles. The van der Waals surface area contributed by atoms with Crippen molar-refractivity contribution in [2.75, 3.05) is 7.05 Å². The topological polar surface area (TPSA) is 77.4 Å². The fourth-order valence-electron chi connectivity index (χ4n) is 1.78. The van der Waals surface area contributed by atoms with Crippen LogP contribution in [0.25, 0.3) is 5.69 Å². The molecule has 0 fully saturated rings. The number of rotatable bonds is 3. The molecule has 2 aromatic rings. The van der Waals surface area contributed by atoms with Crippen molar-refractivity contribution < 1.29 is 0 Å². The summed E-state index contributed by atoms with van der Waals surface area (Å²) in [6.45, 7) is 0.761. The summed E-state index contributed by atoms with van der Waals surface area (Å²) in [6, 6.07) is 9.74. The van der Waals surface area contributed by atoms with Gasteiger partial charge in [0.2, 0.25) is 0 Å². The molecule has 5 nitrogen and oxygen atoms in total. The first-order chi connectivity index (χ1) is 9.21. The third-order valence-corrected chi connectivity index (χ3v) is 3.27. The quantitative estimate of drug-likeness (QED) is 0.940. The molecule has 0 aliphatic rings. The number of benzene rings is 1. The zero-order valence-corrected chi connectivity index (χ0v) is 11.8. The van der Waals surface area contributed by atoms with Crippen LogP contribution in [0.4, 0.5) is 0 Å². The van der Waals surface area contributed by atoms with Gasteiger partial charge < -0.3 is 5.32 Å². The Bertz CT molecular complexity index is 690. The van der Waals surface area contributed by atoms with Crippen LogP contribution in [-0.2, 0) is 6.54 Å². The number of nitrogens with zero attached hydrogens (tertiary/aromatic N) is 4. The molecule has 0 atom stereocenters. The Morgan fingerprint density at radius 3 is 2.74 bits per heavy atom. The van der Waals surface area contributed by atoms with Crippen molar-refractivity contribution in [3.05, 3.63) is 46.0 Å². The van der Waals surface area contributed by atoms with E-state index < -0.39 is 0 Å². The van der Waals surface area contributed by atoms with Gasteiger partial charge in [-0.1, -0.05) is 6.07 Å². The summed E-state index contributed by atoms with van der Waals surface area (Å²) in [5, 5.41) is 21.1. The molecule has 0 bridgehead atoms. The van der Waals surface area contributed by atoms with Crippen LogP contribution in [-0.4, -0.2) is 16.6 Å². The molecule has 0 saturated carbocycles. The first-order valence-corrected chi connectivity index (χ1v) is 6.31. The van der Waals surface area contributed by atoms with Gasteiger partial charge in [-0.25, -0.2) is 4.98 Å². The molecule has 94 valence electrons. The Labute approximate surface area is 119 Å². The highest BCUT2D eigenvalue weighted by Crippen LogP contribution is 2.24. The highest BCUT2D eigenvalue weighted by molar-refractivity contribution is 9.10. The van der Waals surface area contributed by atoms with Crippen molar-refractivity contribution in [3.8, 4) is 17.8 Å². The van der Waals surface area contributed by atoms with E-state index in [0.29, 0.717) is 0 Å². The van der Waals surface area contributed by atoms with Gasteiger partial charge in [0.05, 0.1) is 5.69 Å². The summed E-state index contributed by atoms with van der Waals surface area (Å²) in [7, 11) is 1.88. The van der Waals surface area contributed by atoms with Gasteiger partial charge in [0.1, 0.15) is 18.5 Å². The molecule has 19 heavy (non-hydrogen) atoms. The molecule has 0 radical (unpaired) electrons. The lowest BCUT2D eigenvalue weighted by molar-refractivity contribution is 0.816. The number of aromatic nitrogens is 2. The standard InChI is InChI=1S/C13H10BrN5/c1-17-7-9-2-3-12(10(14)4-9)19-8-18-11(5-15)13(19)6-16/h2-4,8,17H,7H2,1H3. The van der Waals surface area contributed by atoms with E-state index in [0.717, 1.165) is 22.3 Å². The Morgan fingerprint density at radius 1 is 1.37 bits per heavy atom. The monoisotopic (exact) mass is 315 g/mol. The van der Waals surface area contributed by atoms with Crippen LogP contribution in [0.3, 0.4) is 0 Å². The van der Waals surface area contributed by atoms with E-state index in [1.165, 1.54) is 6.33 Å². The van der Waals surface area contributed by atoms with E-state index in [2.05, 4.69) is 26.2 Å². The predicted octanol–water partition coefficient (Wildman–Crippen LogP) is 2.10. The minimum absolute atomic E-state index is 0.133. The number of nitrogens with one attached hydrogen (secondary N) is 1. The van der Waals surface area contributed by atoms with E-state index in [1.54, 1.807) is 4.57 Å². The predicted molar refractivity (Wildman–Crippen MR) is 73.5 cm³/mol. The fourth-order valence-corrected chi connectivity index (χ4v) is 2.40. The van der Waals surface area contributed by atoms with Crippen LogP contribution in [0.1, 0.15) is 17.0 Å². The highest BCUT2D eigenvalue weighted by Gasteiger charge is 2.13. The van der Waals surface area contributed by atoms with Crippen molar-refractivity contribution in [1.82, 2.24) is 14.9 Å². The molecule has 0 saturated heterocycles. The first kappa shape index (κ1) is 13.3. The molecule has 1 N–H and O–H groups in total. The molecule has 0 unspecified atom stereocenters. The molecule has 1 aromatic carbocycles. The maximum absolute atomic E-state index is 9.12. The lowest BCUT2D eigenvalue weighted by atomic mass is 10.2. The van der Waals surface area contributed by atoms with E-state index in [-0.39, 0.29) is 11.4 Å². The van der Waals surface area contributed by atoms with Crippen molar-refractivity contribution in [2.45, 2.75) is 6.54 Å². The second kappa shape index (κ2) is 5.66. The lowest BCUT2D eigenvalue weighted by Gasteiger charge is -2.08. The van der Waals surface area contributed by atoms with Crippen LogP contribution in [0.15, 0.2) is 29.0 Å². The van der Waals surface area contributed by atoms with Gasteiger partial charge in [-0.2, -0.15) is 10.5 Å². The maximum Gasteiger partial charge on any atom is 0.177 e. The Kier molecular flexibility index (Phi) is 3.96. The summed E-state index contributed by atoms with van der Waals surface area (Å²) in [5.41, 5.74) is 2.28. The largest absolute Gasteiger partial charge is 0.316 e. The summed E-state index contributed by atoms with van der Waals surface area (Å²) >= 11 is 3.48. The van der Waals surface area contributed by atoms with Gasteiger partial charge in [0.25, 0.3) is 0 Å². The average molecular weight is 316 g/mol. The Morgan fingerprint density at radius 2 is 2.16 bits per heavy atom. The van der Waals surface area contributed by atoms with Gasteiger partial charge in [0.15, 0.2) is 11.4 Å². The van der Waals surface area contributed by atoms with Gasteiger partial charge in [0, 0.05) is 11.0 Å². The van der Waals surface area contributed by atoms with Crippen LogP contribution < -0.4 is 5.32 Å². The first-order valence-electron chi connectivity index (χ1n) is 5.52. The second-order valence-corrected chi connectivity index (χ2v) is 4.71. The van der Waals surface area contributed by atoms with Gasteiger partial charge >= 0.3 is 0 Å². The van der Waals surface area contributed by atoms with E-state index in [1.807, 2.05) is 37.4 Å². The third-order valence-electron chi connectivity index (χ3n) is 2.63. The minimum Gasteiger partial charge on any atom is -0.316 e. The normalized spacial score (nSPS) is 9.89. The molecule has 1 aromatic heterocycles. The molecule has 0 amide bonds. The molecule has 0 spiro atoms. The van der Waals surface area contributed by atoms with Gasteiger partial charge in [-0.15, -0.1) is 0 Å². The van der Waals surface area contributed by atoms with E-state index in [9.17, 15) is 0 Å². The zero-order valence-electron chi connectivity index (χ0n) is 10.2. The fraction of sp³-hybridized carbons (Fsp3) is 0.154. The van der Waals surface area contributed by atoms with Crippen molar-refractivity contribution in [3.63, 3.8) is 0 Å². The number of hydrogen-bond donors (Lipinski definition) is 1. The highest BCUT2D eigenvalue weighted by atomic mass is 79.9. The molecule has 2 rings (SSSR count). The van der Waals surface area contributed by atoms with E-state index >= 15 is 0 Å². The third kappa shape index (κ3) is 2.50. The van der Waals surface area contributed by atoms with Crippen molar-refractivity contribution in [1.29, 1.82) is 10.5 Å². The van der Waals surface area contributed by atoms with Crippen LogP contribution in [0.2, 0.25) is 0 Å². The Hall–Kier alpha value is -2.15. The van der Waals surface area contributed by atoms with Crippen LogP contribution in [0, 0.1) is 22.7 Å². The SMILES string of the molecule is CNCc1ccc(-n2cnc(C#N)c2C#N)c(Br)c1. The summed E-state index contributed by atoms with van der Waals surface area (Å²) in [5.74, 6) is 0. The average Bonchev–Trinajstić information content (AvgIpc) is 2.82.